The normalized spacial score (nSPS) is 27.4. The zero-order valence-electron chi connectivity index (χ0n) is 12.8. The van der Waals surface area contributed by atoms with Gasteiger partial charge in [-0.3, -0.25) is 4.79 Å². The molecule has 114 valence electrons. The highest BCUT2D eigenvalue weighted by molar-refractivity contribution is 5.91. The minimum Gasteiger partial charge on any atom is -0.444 e. The number of carbonyl (C=O) groups excluding carboxylic acids is 2. The van der Waals surface area contributed by atoms with Crippen LogP contribution in [-0.2, 0) is 10.2 Å². The predicted octanol–water partition coefficient (Wildman–Crippen LogP) is 2.39. The monoisotopic (exact) mass is 292 g/mol. The van der Waals surface area contributed by atoms with E-state index in [-0.39, 0.29) is 23.1 Å². The van der Waals surface area contributed by atoms with Crippen molar-refractivity contribution in [2.45, 2.75) is 45.1 Å². The zero-order valence-corrected chi connectivity index (χ0v) is 12.8. The Kier molecular flexibility index (Phi) is 2.90. The first kappa shape index (κ1) is 14.1. The molecule has 1 aromatic heterocycles. The standard InChI is InChI=1S/C15H20N2O4/c1-9(18)11-5-12(16-21-11)15-6-10(15)7-17(8-15)13(19)20-14(2,3)4/h5,10H,6-8H2,1-4H3. The number of piperidine rings is 1. The molecule has 2 unspecified atom stereocenters. The number of ketones is 1. The summed E-state index contributed by atoms with van der Waals surface area (Å²) in [5.41, 5.74) is 0.143. The lowest BCUT2D eigenvalue weighted by Crippen LogP contribution is -2.37. The van der Waals surface area contributed by atoms with Gasteiger partial charge in [0, 0.05) is 31.5 Å². The quantitative estimate of drug-likeness (QED) is 0.782. The van der Waals surface area contributed by atoms with Gasteiger partial charge < -0.3 is 14.2 Å². The van der Waals surface area contributed by atoms with Crippen LogP contribution in [-0.4, -0.2) is 40.6 Å². The molecule has 6 heteroatoms. The number of ether oxygens (including phenoxy) is 1. The summed E-state index contributed by atoms with van der Waals surface area (Å²) in [7, 11) is 0. The number of aromatic nitrogens is 1. The van der Waals surface area contributed by atoms with Gasteiger partial charge >= 0.3 is 6.09 Å². The highest BCUT2D eigenvalue weighted by atomic mass is 16.6. The van der Waals surface area contributed by atoms with Gasteiger partial charge in [-0.2, -0.15) is 0 Å². The molecule has 0 bridgehead atoms. The largest absolute Gasteiger partial charge is 0.444 e. The number of amides is 1. The Bertz CT molecular complexity index is 601. The van der Waals surface area contributed by atoms with Gasteiger partial charge in [0.05, 0.1) is 5.69 Å². The molecule has 3 rings (SSSR count). The first-order valence-corrected chi connectivity index (χ1v) is 7.17. The molecule has 0 spiro atoms. The Morgan fingerprint density at radius 3 is 2.76 bits per heavy atom. The van der Waals surface area contributed by atoms with Crippen LogP contribution in [0.4, 0.5) is 4.79 Å². The Morgan fingerprint density at radius 2 is 2.19 bits per heavy atom. The topological polar surface area (TPSA) is 72.6 Å². The van der Waals surface area contributed by atoms with E-state index in [1.807, 2.05) is 20.8 Å². The van der Waals surface area contributed by atoms with Crippen LogP contribution in [0, 0.1) is 5.92 Å². The summed E-state index contributed by atoms with van der Waals surface area (Å²) in [4.78, 5) is 25.1. The van der Waals surface area contributed by atoms with Crippen molar-refractivity contribution in [1.29, 1.82) is 0 Å². The summed E-state index contributed by atoms with van der Waals surface area (Å²) in [5.74, 6) is 0.528. The molecular formula is C15H20N2O4. The third-order valence-electron chi connectivity index (χ3n) is 4.16. The summed E-state index contributed by atoms with van der Waals surface area (Å²) < 4.78 is 10.5. The fourth-order valence-electron chi connectivity index (χ4n) is 3.02. The maximum absolute atomic E-state index is 12.1. The average molecular weight is 292 g/mol. The molecule has 1 aliphatic carbocycles. The number of fused-ring (bicyclic) bond motifs is 1. The second-order valence-electron chi connectivity index (χ2n) is 7.05. The van der Waals surface area contributed by atoms with Crippen LogP contribution in [0.15, 0.2) is 10.6 Å². The molecule has 1 aliphatic heterocycles. The van der Waals surface area contributed by atoms with E-state index < -0.39 is 5.60 Å². The van der Waals surface area contributed by atoms with Crippen LogP contribution in [0.2, 0.25) is 0 Å². The Labute approximate surface area is 123 Å². The van der Waals surface area contributed by atoms with E-state index in [4.69, 9.17) is 9.26 Å². The second kappa shape index (κ2) is 4.32. The van der Waals surface area contributed by atoms with Crippen molar-refractivity contribution in [2.24, 2.45) is 5.92 Å². The maximum Gasteiger partial charge on any atom is 0.410 e. The molecule has 2 aliphatic rings. The first-order valence-electron chi connectivity index (χ1n) is 7.17. The van der Waals surface area contributed by atoms with Crippen LogP contribution in [0.25, 0.3) is 0 Å². The number of hydrogen-bond donors (Lipinski definition) is 0. The smallest absolute Gasteiger partial charge is 0.410 e. The molecule has 0 N–H and O–H groups in total. The van der Waals surface area contributed by atoms with E-state index in [1.165, 1.54) is 6.92 Å². The summed E-state index contributed by atoms with van der Waals surface area (Å²) in [6, 6.07) is 1.71. The lowest BCUT2D eigenvalue weighted by Gasteiger charge is -2.26. The molecule has 21 heavy (non-hydrogen) atoms. The van der Waals surface area contributed by atoms with Crippen LogP contribution in [0.5, 0.6) is 0 Å². The zero-order chi connectivity index (χ0) is 15.4. The Hall–Kier alpha value is -1.85. The van der Waals surface area contributed by atoms with Crippen LogP contribution in [0.3, 0.4) is 0 Å². The minimum absolute atomic E-state index is 0.135. The van der Waals surface area contributed by atoms with E-state index >= 15 is 0 Å². The molecule has 0 radical (unpaired) electrons. The van der Waals surface area contributed by atoms with Crippen molar-refractivity contribution in [3.63, 3.8) is 0 Å². The highest BCUT2D eigenvalue weighted by Crippen LogP contribution is 2.58. The number of carbonyl (C=O) groups is 2. The number of hydrogen-bond acceptors (Lipinski definition) is 5. The van der Waals surface area contributed by atoms with Gasteiger partial charge in [0.2, 0.25) is 5.76 Å². The third kappa shape index (κ3) is 2.43. The van der Waals surface area contributed by atoms with Crippen molar-refractivity contribution in [3.05, 3.63) is 17.5 Å². The molecule has 2 heterocycles. The van der Waals surface area contributed by atoms with Gasteiger partial charge in [-0.1, -0.05) is 5.16 Å². The molecule has 6 nitrogen and oxygen atoms in total. The maximum atomic E-state index is 12.1. The molecular weight excluding hydrogens is 272 g/mol. The van der Waals surface area contributed by atoms with Crippen molar-refractivity contribution >= 4 is 11.9 Å². The lowest BCUT2D eigenvalue weighted by molar-refractivity contribution is 0.0269. The Morgan fingerprint density at radius 1 is 1.48 bits per heavy atom. The molecule has 1 amide bonds. The fraction of sp³-hybridized carbons (Fsp3) is 0.667. The second-order valence-corrected chi connectivity index (χ2v) is 7.05. The molecule has 1 saturated carbocycles. The molecule has 2 fully saturated rings. The van der Waals surface area contributed by atoms with Gasteiger partial charge in [-0.25, -0.2) is 4.79 Å². The van der Waals surface area contributed by atoms with Crippen LogP contribution < -0.4 is 0 Å². The van der Waals surface area contributed by atoms with Gasteiger partial charge in [-0.15, -0.1) is 0 Å². The summed E-state index contributed by atoms with van der Waals surface area (Å²) >= 11 is 0. The summed E-state index contributed by atoms with van der Waals surface area (Å²) in [5, 5.41) is 4.03. The van der Waals surface area contributed by atoms with E-state index in [1.54, 1.807) is 11.0 Å². The Balaban J connectivity index is 1.72. The number of rotatable bonds is 2. The molecule has 1 saturated heterocycles. The van der Waals surface area contributed by atoms with Crippen LogP contribution in [0.1, 0.15) is 50.4 Å². The number of nitrogens with zero attached hydrogens (tertiary/aromatic N) is 2. The first-order chi connectivity index (χ1) is 9.71. The van der Waals surface area contributed by atoms with E-state index in [0.29, 0.717) is 19.0 Å². The summed E-state index contributed by atoms with van der Waals surface area (Å²) in [6.45, 7) is 8.28. The SMILES string of the molecule is CC(=O)c1cc(C23CC2CN(C(=O)OC(C)(C)C)C3)no1. The van der Waals surface area contributed by atoms with Crippen LogP contribution >= 0.6 is 0 Å². The number of likely N-dealkylation sites (tertiary alicyclic amines) is 1. The highest BCUT2D eigenvalue weighted by Gasteiger charge is 2.63. The van der Waals surface area contributed by atoms with Gasteiger partial charge in [0.25, 0.3) is 0 Å². The summed E-state index contributed by atoms with van der Waals surface area (Å²) in [6.07, 6.45) is 0.695. The molecule has 1 aromatic rings. The van der Waals surface area contributed by atoms with Crippen molar-refractivity contribution in [2.75, 3.05) is 13.1 Å². The van der Waals surface area contributed by atoms with Crippen molar-refractivity contribution in [3.8, 4) is 0 Å². The van der Waals surface area contributed by atoms with Gasteiger partial charge in [-0.05, 0) is 33.1 Å². The van der Waals surface area contributed by atoms with Gasteiger partial charge in [0.15, 0.2) is 5.78 Å². The van der Waals surface area contributed by atoms with E-state index in [0.717, 1.165) is 12.1 Å². The average Bonchev–Trinajstić information content (AvgIpc) is 2.80. The third-order valence-corrected chi connectivity index (χ3v) is 4.16. The minimum atomic E-state index is -0.493. The molecule has 2 atom stereocenters. The van der Waals surface area contributed by atoms with Crippen molar-refractivity contribution < 1.29 is 18.8 Å². The lowest BCUT2D eigenvalue weighted by atomic mass is 10.0. The van der Waals surface area contributed by atoms with E-state index in [9.17, 15) is 9.59 Å². The fourth-order valence-corrected chi connectivity index (χ4v) is 3.02. The predicted molar refractivity (Wildman–Crippen MR) is 74.1 cm³/mol. The van der Waals surface area contributed by atoms with Crippen molar-refractivity contribution in [1.82, 2.24) is 10.1 Å². The molecule has 0 aromatic carbocycles. The van der Waals surface area contributed by atoms with Gasteiger partial charge in [0.1, 0.15) is 5.60 Å². The van der Waals surface area contributed by atoms with E-state index in [2.05, 4.69) is 5.16 Å². The number of Topliss-reactive ketones (excluding diaryl/α,β-unsaturated/α-hetero) is 1.